The van der Waals surface area contributed by atoms with Crippen LogP contribution in [-0.2, 0) is 9.53 Å². The minimum Gasteiger partial charge on any atom is -0.490 e. The second kappa shape index (κ2) is 8.63. The Hall–Kier alpha value is -1.75. The highest BCUT2D eigenvalue weighted by Gasteiger charge is 2.23. The highest BCUT2D eigenvalue weighted by Crippen LogP contribution is 2.31. The van der Waals surface area contributed by atoms with Crippen molar-refractivity contribution in [2.45, 2.75) is 45.6 Å². The van der Waals surface area contributed by atoms with Crippen LogP contribution in [-0.4, -0.2) is 31.8 Å². The molecule has 5 nitrogen and oxygen atoms in total. The standard InChI is InChI=1S/C17H25NO4/c1-3-9-20-14-8-7-13(12-16(14)21-10-4-2)18-17(19)15-6-5-11-22-15/h7-8,12,15H,3-6,9-11H2,1-2H3,(H,18,19). The maximum Gasteiger partial charge on any atom is 0.253 e. The van der Waals surface area contributed by atoms with Gasteiger partial charge in [-0.3, -0.25) is 4.79 Å². The molecule has 1 aromatic carbocycles. The van der Waals surface area contributed by atoms with Gasteiger partial charge in [-0.25, -0.2) is 0 Å². The van der Waals surface area contributed by atoms with Crippen LogP contribution in [0.2, 0.25) is 0 Å². The molecule has 0 bridgehead atoms. The number of amides is 1. The van der Waals surface area contributed by atoms with Gasteiger partial charge in [0.2, 0.25) is 0 Å². The first-order valence-corrected chi connectivity index (χ1v) is 8.06. The second-order valence-corrected chi connectivity index (χ2v) is 5.35. The summed E-state index contributed by atoms with van der Waals surface area (Å²) >= 11 is 0. The van der Waals surface area contributed by atoms with Gasteiger partial charge in [-0.1, -0.05) is 13.8 Å². The van der Waals surface area contributed by atoms with Crippen molar-refractivity contribution in [2.24, 2.45) is 0 Å². The number of ether oxygens (including phenoxy) is 3. The largest absolute Gasteiger partial charge is 0.490 e. The van der Waals surface area contributed by atoms with E-state index < -0.39 is 0 Å². The van der Waals surface area contributed by atoms with Crippen LogP contribution in [0.15, 0.2) is 18.2 Å². The Morgan fingerprint density at radius 2 is 1.95 bits per heavy atom. The number of anilines is 1. The zero-order valence-electron chi connectivity index (χ0n) is 13.4. The van der Waals surface area contributed by atoms with E-state index in [0.717, 1.165) is 25.7 Å². The van der Waals surface area contributed by atoms with Crippen molar-refractivity contribution >= 4 is 11.6 Å². The summed E-state index contributed by atoms with van der Waals surface area (Å²) in [5, 5.41) is 2.88. The van der Waals surface area contributed by atoms with Crippen LogP contribution in [0.3, 0.4) is 0 Å². The molecule has 2 rings (SSSR count). The second-order valence-electron chi connectivity index (χ2n) is 5.35. The third-order valence-corrected chi connectivity index (χ3v) is 3.36. The summed E-state index contributed by atoms with van der Waals surface area (Å²) in [6.45, 7) is 6.03. The predicted molar refractivity (Wildman–Crippen MR) is 85.6 cm³/mol. The quantitative estimate of drug-likeness (QED) is 0.800. The van der Waals surface area contributed by atoms with Crippen LogP contribution in [0.4, 0.5) is 5.69 Å². The van der Waals surface area contributed by atoms with E-state index in [1.807, 2.05) is 18.2 Å². The Morgan fingerprint density at radius 1 is 1.23 bits per heavy atom. The van der Waals surface area contributed by atoms with Crippen molar-refractivity contribution < 1.29 is 19.0 Å². The zero-order chi connectivity index (χ0) is 15.8. The first-order valence-electron chi connectivity index (χ1n) is 8.06. The van der Waals surface area contributed by atoms with E-state index in [1.54, 1.807) is 0 Å². The molecule has 1 amide bonds. The van der Waals surface area contributed by atoms with Crippen LogP contribution in [0, 0.1) is 0 Å². The van der Waals surface area contributed by atoms with E-state index >= 15 is 0 Å². The molecule has 22 heavy (non-hydrogen) atoms. The highest BCUT2D eigenvalue weighted by atomic mass is 16.5. The van der Waals surface area contributed by atoms with Crippen molar-refractivity contribution in [1.82, 2.24) is 0 Å². The van der Waals surface area contributed by atoms with E-state index in [9.17, 15) is 4.79 Å². The van der Waals surface area contributed by atoms with Gasteiger partial charge in [-0.15, -0.1) is 0 Å². The molecule has 1 aliphatic rings. The topological polar surface area (TPSA) is 56.8 Å². The summed E-state index contributed by atoms with van der Waals surface area (Å²) in [6, 6.07) is 5.48. The van der Waals surface area contributed by atoms with Gasteiger partial charge in [0.15, 0.2) is 11.5 Å². The summed E-state index contributed by atoms with van der Waals surface area (Å²) < 4.78 is 16.8. The SMILES string of the molecule is CCCOc1ccc(NC(=O)C2CCCO2)cc1OCCC. The van der Waals surface area contributed by atoms with Crippen LogP contribution in [0.1, 0.15) is 39.5 Å². The normalized spacial score (nSPS) is 17.3. The van der Waals surface area contributed by atoms with Gasteiger partial charge in [0, 0.05) is 18.4 Å². The third kappa shape index (κ3) is 4.63. The van der Waals surface area contributed by atoms with E-state index in [-0.39, 0.29) is 12.0 Å². The number of benzene rings is 1. The summed E-state index contributed by atoms with van der Waals surface area (Å²) in [4.78, 5) is 12.1. The van der Waals surface area contributed by atoms with Crippen LogP contribution in [0.25, 0.3) is 0 Å². The number of hydrogen-bond acceptors (Lipinski definition) is 4. The van der Waals surface area contributed by atoms with Gasteiger partial charge in [-0.05, 0) is 37.8 Å². The molecular formula is C17H25NO4. The van der Waals surface area contributed by atoms with Gasteiger partial charge in [0.25, 0.3) is 5.91 Å². The van der Waals surface area contributed by atoms with Crippen molar-refractivity contribution in [3.63, 3.8) is 0 Å². The fourth-order valence-electron chi connectivity index (χ4n) is 2.25. The lowest BCUT2D eigenvalue weighted by Gasteiger charge is -2.15. The van der Waals surface area contributed by atoms with Gasteiger partial charge in [0.05, 0.1) is 13.2 Å². The Bertz CT molecular complexity index is 484. The molecule has 1 aromatic rings. The number of hydrogen-bond donors (Lipinski definition) is 1. The van der Waals surface area contributed by atoms with Gasteiger partial charge in [-0.2, -0.15) is 0 Å². The van der Waals surface area contributed by atoms with Crippen LogP contribution < -0.4 is 14.8 Å². The molecule has 0 aliphatic carbocycles. The van der Waals surface area contributed by atoms with Crippen LogP contribution in [0.5, 0.6) is 11.5 Å². The minimum atomic E-state index is -0.337. The first kappa shape index (κ1) is 16.6. The molecule has 1 saturated heterocycles. The molecule has 1 atom stereocenters. The lowest BCUT2D eigenvalue weighted by Crippen LogP contribution is -2.26. The molecule has 0 spiro atoms. The fourth-order valence-corrected chi connectivity index (χ4v) is 2.25. The van der Waals surface area contributed by atoms with Crippen molar-refractivity contribution in [2.75, 3.05) is 25.1 Å². The third-order valence-electron chi connectivity index (χ3n) is 3.36. The smallest absolute Gasteiger partial charge is 0.253 e. The number of nitrogens with one attached hydrogen (secondary N) is 1. The molecule has 0 radical (unpaired) electrons. The monoisotopic (exact) mass is 307 g/mol. The lowest BCUT2D eigenvalue weighted by atomic mass is 10.2. The minimum absolute atomic E-state index is 0.0961. The molecule has 1 fully saturated rings. The maximum atomic E-state index is 12.1. The molecule has 1 N–H and O–H groups in total. The molecule has 122 valence electrons. The molecule has 0 aromatic heterocycles. The zero-order valence-corrected chi connectivity index (χ0v) is 13.4. The van der Waals surface area contributed by atoms with E-state index in [2.05, 4.69) is 19.2 Å². The summed E-state index contributed by atoms with van der Waals surface area (Å²) in [5.41, 5.74) is 0.704. The molecule has 0 saturated carbocycles. The number of carbonyl (C=O) groups is 1. The Balaban J connectivity index is 2.05. The van der Waals surface area contributed by atoms with Crippen LogP contribution >= 0.6 is 0 Å². The summed E-state index contributed by atoms with van der Waals surface area (Å²) in [7, 11) is 0. The predicted octanol–water partition coefficient (Wildman–Crippen LogP) is 3.38. The lowest BCUT2D eigenvalue weighted by molar-refractivity contribution is -0.124. The Morgan fingerprint density at radius 3 is 2.59 bits per heavy atom. The van der Waals surface area contributed by atoms with E-state index in [4.69, 9.17) is 14.2 Å². The number of carbonyl (C=O) groups excluding carboxylic acids is 1. The molecule has 1 unspecified atom stereocenters. The molecule has 5 heteroatoms. The number of rotatable bonds is 8. The van der Waals surface area contributed by atoms with Crippen molar-refractivity contribution in [3.05, 3.63) is 18.2 Å². The Kier molecular flexibility index (Phi) is 6.52. The van der Waals surface area contributed by atoms with E-state index in [0.29, 0.717) is 37.0 Å². The Labute approximate surface area is 131 Å². The van der Waals surface area contributed by atoms with Gasteiger partial charge >= 0.3 is 0 Å². The van der Waals surface area contributed by atoms with Gasteiger partial charge in [0.1, 0.15) is 6.10 Å². The molecule has 1 aliphatic heterocycles. The summed E-state index contributed by atoms with van der Waals surface area (Å²) in [5.74, 6) is 1.28. The maximum absolute atomic E-state index is 12.1. The van der Waals surface area contributed by atoms with E-state index in [1.165, 1.54) is 0 Å². The van der Waals surface area contributed by atoms with Gasteiger partial charge < -0.3 is 19.5 Å². The molecular weight excluding hydrogens is 282 g/mol. The fraction of sp³-hybridized carbons (Fsp3) is 0.588. The molecule has 1 heterocycles. The highest BCUT2D eigenvalue weighted by molar-refractivity contribution is 5.94. The average Bonchev–Trinajstić information content (AvgIpc) is 3.06. The van der Waals surface area contributed by atoms with Crippen molar-refractivity contribution in [1.29, 1.82) is 0 Å². The summed E-state index contributed by atoms with van der Waals surface area (Å²) in [6.07, 6.45) is 3.23. The first-order chi connectivity index (χ1) is 10.7. The average molecular weight is 307 g/mol. The van der Waals surface area contributed by atoms with Crippen molar-refractivity contribution in [3.8, 4) is 11.5 Å².